The Kier molecular flexibility index (Phi) is 5.80. The van der Waals surface area contributed by atoms with Gasteiger partial charge in [0.15, 0.2) is 0 Å². The van der Waals surface area contributed by atoms with Crippen molar-refractivity contribution in [1.82, 2.24) is 9.62 Å². The number of hydrogen-bond donors (Lipinski definition) is 1. The second-order valence-electron chi connectivity index (χ2n) is 4.70. The van der Waals surface area contributed by atoms with Gasteiger partial charge in [-0.1, -0.05) is 24.3 Å². The summed E-state index contributed by atoms with van der Waals surface area (Å²) in [6.07, 6.45) is 0. The second-order valence-corrected chi connectivity index (χ2v) is 7.09. The fourth-order valence-corrected chi connectivity index (χ4v) is 2.79. The Labute approximate surface area is 124 Å². The van der Waals surface area contributed by atoms with Crippen molar-refractivity contribution in [2.75, 3.05) is 31.5 Å². The summed E-state index contributed by atoms with van der Waals surface area (Å²) in [6, 6.07) is 7.84. The van der Waals surface area contributed by atoms with E-state index in [1.807, 2.05) is 24.3 Å². The van der Waals surface area contributed by atoms with Gasteiger partial charge in [0.1, 0.15) is 5.21 Å². The third-order valence-electron chi connectivity index (χ3n) is 3.24. The lowest BCUT2D eigenvalue weighted by Gasteiger charge is -2.27. The van der Waals surface area contributed by atoms with Crippen LogP contribution in [0, 0.1) is 0 Å². The van der Waals surface area contributed by atoms with E-state index < -0.39 is 15.2 Å². The van der Waals surface area contributed by atoms with Crippen LogP contribution < -0.4 is 4.72 Å². The summed E-state index contributed by atoms with van der Waals surface area (Å²) in [5, 5.41) is -0.418. The van der Waals surface area contributed by atoms with E-state index >= 15 is 0 Å². The Morgan fingerprint density at radius 3 is 2.50 bits per heavy atom. The molecule has 0 bridgehead atoms. The summed E-state index contributed by atoms with van der Waals surface area (Å²) < 4.78 is 30.6. The fourth-order valence-electron chi connectivity index (χ4n) is 2.11. The smallest absolute Gasteiger partial charge is 0.225 e. The van der Waals surface area contributed by atoms with E-state index in [0.717, 1.165) is 44.0 Å². The lowest BCUT2D eigenvalue weighted by atomic mass is 10.1. The van der Waals surface area contributed by atoms with Gasteiger partial charge >= 0.3 is 0 Å². The van der Waals surface area contributed by atoms with E-state index in [-0.39, 0.29) is 6.54 Å². The van der Waals surface area contributed by atoms with Crippen LogP contribution in [0.5, 0.6) is 0 Å². The SMILES string of the molecule is O=S(=O)(CCl)NCc1ccccc1CN1CCOCC1. The molecular formula is C13H19ClN2O3S. The van der Waals surface area contributed by atoms with Crippen LogP contribution in [0.3, 0.4) is 0 Å². The number of ether oxygens (including phenoxy) is 1. The second kappa shape index (κ2) is 7.38. The highest BCUT2D eigenvalue weighted by Crippen LogP contribution is 2.13. The van der Waals surface area contributed by atoms with Gasteiger partial charge in [-0.3, -0.25) is 4.90 Å². The average molecular weight is 319 g/mol. The number of rotatable bonds is 6. The minimum atomic E-state index is -3.39. The molecule has 7 heteroatoms. The van der Waals surface area contributed by atoms with Crippen LogP contribution in [-0.4, -0.2) is 44.8 Å². The predicted octanol–water partition coefficient (Wildman–Crippen LogP) is 1.13. The molecule has 1 aromatic rings. The monoisotopic (exact) mass is 318 g/mol. The first-order valence-electron chi connectivity index (χ1n) is 6.51. The van der Waals surface area contributed by atoms with Crippen molar-refractivity contribution in [3.05, 3.63) is 35.4 Å². The van der Waals surface area contributed by atoms with Crippen molar-refractivity contribution in [3.8, 4) is 0 Å². The quantitative estimate of drug-likeness (QED) is 0.799. The van der Waals surface area contributed by atoms with Gasteiger partial charge in [-0.25, -0.2) is 13.1 Å². The van der Waals surface area contributed by atoms with Crippen LogP contribution in [0.4, 0.5) is 0 Å². The molecule has 0 unspecified atom stereocenters. The van der Waals surface area contributed by atoms with Crippen LogP contribution in [0.2, 0.25) is 0 Å². The minimum absolute atomic E-state index is 0.273. The van der Waals surface area contributed by atoms with E-state index in [0.29, 0.717) is 0 Å². The largest absolute Gasteiger partial charge is 0.379 e. The van der Waals surface area contributed by atoms with E-state index in [9.17, 15) is 8.42 Å². The molecule has 1 N–H and O–H groups in total. The summed E-state index contributed by atoms with van der Waals surface area (Å²) in [7, 11) is -3.39. The summed E-state index contributed by atoms with van der Waals surface area (Å²) in [5.74, 6) is 0. The third kappa shape index (κ3) is 4.71. The molecule has 0 saturated carbocycles. The molecule has 5 nitrogen and oxygen atoms in total. The standard InChI is InChI=1S/C13H19ClN2O3S/c14-11-20(17,18)15-9-12-3-1-2-4-13(12)10-16-5-7-19-8-6-16/h1-4,15H,5-11H2. The fraction of sp³-hybridized carbons (Fsp3) is 0.538. The first-order chi connectivity index (χ1) is 9.61. The lowest BCUT2D eigenvalue weighted by molar-refractivity contribution is 0.0341. The van der Waals surface area contributed by atoms with Gasteiger partial charge in [0.2, 0.25) is 10.0 Å². The predicted molar refractivity (Wildman–Crippen MR) is 79.0 cm³/mol. The van der Waals surface area contributed by atoms with Crippen molar-refractivity contribution in [1.29, 1.82) is 0 Å². The minimum Gasteiger partial charge on any atom is -0.379 e. The van der Waals surface area contributed by atoms with E-state index in [1.165, 1.54) is 0 Å². The molecule has 0 atom stereocenters. The number of morpholine rings is 1. The van der Waals surface area contributed by atoms with Crippen LogP contribution >= 0.6 is 11.6 Å². The normalized spacial score (nSPS) is 17.2. The third-order valence-corrected chi connectivity index (χ3v) is 4.98. The first-order valence-corrected chi connectivity index (χ1v) is 8.69. The van der Waals surface area contributed by atoms with Crippen molar-refractivity contribution < 1.29 is 13.2 Å². The Morgan fingerprint density at radius 2 is 1.85 bits per heavy atom. The Bertz CT molecular complexity index is 530. The van der Waals surface area contributed by atoms with Gasteiger partial charge in [0.25, 0.3) is 0 Å². The van der Waals surface area contributed by atoms with Crippen molar-refractivity contribution in [2.45, 2.75) is 13.1 Å². The number of benzene rings is 1. The van der Waals surface area contributed by atoms with Gasteiger partial charge in [-0.05, 0) is 11.1 Å². The molecule has 112 valence electrons. The Balaban J connectivity index is 2.02. The molecule has 1 heterocycles. The molecule has 0 radical (unpaired) electrons. The van der Waals surface area contributed by atoms with Crippen molar-refractivity contribution >= 4 is 21.6 Å². The maximum absolute atomic E-state index is 11.4. The van der Waals surface area contributed by atoms with Gasteiger partial charge < -0.3 is 4.74 Å². The number of sulfonamides is 1. The maximum atomic E-state index is 11.4. The van der Waals surface area contributed by atoms with Crippen LogP contribution in [0.25, 0.3) is 0 Å². The highest BCUT2D eigenvalue weighted by molar-refractivity contribution is 7.90. The van der Waals surface area contributed by atoms with Gasteiger partial charge in [-0.2, -0.15) is 0 Å². The summed E-state index contributed by atoms with van der Waals surface area (Å²) in [4.78, 5) is 2.30. The molecule has 20 heavy (non-hydrogen) atoms. The molecule has 1 aliphatic rings. The molecule has 1 aliphatic heterocycles. The number of alkyl halides is 1. The molecule has 0 aromatic heterocycles. The van der Waals surface area contributed by atoms with E-state index in [1.54, 1.807) is 0 Å². The number of hydrogen-bond acceptors (Lipinski definition) is 4. The molecule has 0 spiro atoms. The van der Waals surface area contributed by atoms with Crippen molar-refractivity contribution in [2.24, 2.45) is 0 Å². The van der Waals surface area contributed by atoms with Gasteiger partial charge in [0.05, 0.1) is 13.2 Å². The van der Waals surface area contributed by atoms with Crippen LogP contribution in [-0.2, 0) is 27.8 Å². The summed E-state index contributed by atoms with van der Waals surface area (Å²) in [6.45, 7) is 4.39. The zero-order valence-electron chi connectivity index (χ0n) is 11.2. The molecule has 0 aliphatic carbocycles. The van der Waals surface area contributed by atoms with Gasteiger partial charge in [-0.15, -0.1) is 11.6 Å². The Morgan fingerprint density at radius 1 is 1.20 bits per heavy atom. The van der Waals surface area contributed by atoms with Crippen molar-refractivity contribution in [3.63, 3.8) is 0 Å². The molecule has 1 fully saturated rings. The summed E-state index contributed by atoms with van der Waals surface area (Å²) in [5.41, 5.74) is 2.11. The molecule has 1 aromatic carbocycles. The first kappa shape index (κ1) is 15.7. The molecule has 1 saturated heterocycles. The topological polar surface area (TPSA) is 58.6 Å². The van der Waals surface area contributed by atoms with E-state index in [4.69, 9.17) is 16.3 Å². The number of halogens is 1. The van der Waals surface area contributed by atoms with Crippen LogP contribution in [0.1, 0.15) is 11.1 Å². The maximum Gasteiger partial charge on any atom is 0.225 e. The van der Waals surface area contributed by atoms with E-state index in [2.05, 4.69) is 9.62 Å². The zero-order valence-corrected chi connectivity index (χ0v) is 12.8. The van der Waals surface area contributed by atoms with Gasteiger partial charge in [0, 0.05) is 26.2 Å². The molecule has 2 rings (SSSR count). The molecular weight excluding hydrogens is 300 g/mol. The number of nitrogens with zero attached hydrogens (tertiary/aromatic N) is 1. The highest BCUT2D eigenvalue weighted by Gasteiger charge is 2.14. The average Bonchev–Trinajstić information content (AvgIpc) is 2.47. The lowest BCUT2D eigenvalue weighted by Crippen LogP contribution is -2.36. The zero-order chi connectivity index (χ0) is 14.4. The Hall–Kier alpha value is -0.660. The highest BCUT2D eigenvalue weighted by atomic mass is 35.5. The molecule has 0 amide bonds. The number of nitrogens with one attached hydrogen (secondary N) is 1. The van der Waals surface area contributed by atoms with Crippen LogP contribution in [0.15, 0.2) is 24.3 Å². The summed E-state index contributed by atoms with van der Waals surface area (Å²) >= 11 is 5.38.